The highest BCUT2D eigenvalue weighted by atomic mass is 32.1. The first kappa shape index (κ1) is 11.2. The van der Waals surface area contributed by atoms with Gasteiger partial charge in [-0.1, -0.05) is 19.0 Å². The van der Waals surface area contributed by atoms with E-state index in [0.29, 0.717) is 11.8 Å². The molecular formula is C12H16N2OS. The molecule has 2 aromatic heterocycles. The zero-order valence-electron chi connectivity index (χ0n) is 9.78. The van der Waals surface area contributed by atoms with Gasteiger partial charge in [-0.25, -0.2) is 0 Å². The summed E-state index contributed by atoms with van der Waals surface area (Å²) in [5.74, 6) is 0.997. The molecule has 2 N–H and O–H groups in total. The summed E-state index contributed by atoms with van der Waals surface area (Å²) in [4.78, 5) is 2.40. The van der Waals surface area contributed by atoms with E-state index in [1.54, 1.807) is 11.3 Å². The number of anilines is 1. The van der Waals surface area contributed by atoms with Crippen molar-refractivity contribution in [2.75, 3.05) is 5.73 Å². The van der Waals surface area contributed by atoms with Gasteiger partial charge < -0.3 is 10.3 Å². The van der Waals surface area contributed by atoms with Gasteiger partial charge in [-0.2, -0.15) is 0 Å². The Hall–Kier alpha value is -1.29. The summed E-state index contributed by atoms with van der Waals surface area (Å²) < 4.78 is 5.09. The average Bonchev–Trinajstić information content (AvgIpc) is 2.75. The molecule has 2 heterocycles. The van der Waals surface area contributed by atoms with Crippen LogP contribution in [-0.2, 0) is 6.42 Å². The third-order valence-electron chi connectivity index (χ3n) is 2.40. The smallest absolute Gasteiger partial charge is 0.225 e. The number of nitrogen functional groups attached to an aromatic ring is 1. The van der Waals surface area contributed by atoms with E-state index >= 15 is 0 Å². The number of thiophene rings is 1. The van der Waals surface area contributed by atoms with Crippen molar-refractivity contribution in [2.45, 2.75) is 27.2 Å². The number of nitrogens with zero attached hydrogens (tertiary/aromatic N) is 1. The molecule has 0 aliphatic heterocycles. The molecular weight excluding hydrogens is 220 g/mol. The molecule has 0 aliphatic rings. The molecule has 16 heavy (non-hydrogen) atoms. The van der Waals surface area contributed by atoms with E-state index in [-0.39, 0.29) is 0 Å². The molecule has 0 spiro atoms. The lowest BCUT2D eigenvalue weighted by atomic mass is 10.0. The van der Waals surface area contributed by atoms with Crippen molar-refractivity contribution in [3.63, 3.8) is 0 Å². The molecule has 3 nitrogen and oxygen atoms in total. The van der Waals surface area contributed by atoms with Crippen LogP contribution in [0.3, 0.4) is 0 Å². The zero-order chi connectivity index (χ0) is 11.7. The minimum atomic E-state index is 0.453. The number of hydrogen-bond donors (Lipinski definition) is 1. The van der Waals surface area contributed by atoms with Crippen molar-refractivity contribution in [1.29, 1.82) is 0 Å². The second-order valence-corrected chi connectivity index (χ2v) is 5.67. The largest absolute Gasteiger partial charge is 0.367 e. The van der Waals surface area contributed by atoms with E-state index in [1.807, 2.05) is 0 Å². The van der Waals surface area contributed by atoms with Gasteiger partial charge in [0, 0.05) is 10.4 Å². The summed E-state index contributed by atoms with van der Waals surface area (Å²) >= 11 is 1.72. The topological polar surface area (TPSA) is 52.0 Å². The molecule has 0 aromatic carbocycles. The Balaban J connectivity index is 2.41. The van der Waals surface area contributed by atoms with Crippen LogP contribution in [-0.4, -0.2) is 5.16 Å². The highest BCUT2D eigenvalue weighted by Crippen LogP contribution is 2.33. The third-order valence-corrected chi connectivity index (χ3v) is 3.41. The van der Waals surface area contributed by atoms with E-state index in [0.717, 1.165) is 22.6 Å². The normalized spacial score (nSPS) is 11.2. The Labute approximate surface area is 99.3 Å². The molecule has 0 radical (unpaired) electrons. The number of aryl methyl sites for hydroxylation is 1. The molecule has 4 heteroatoms. The predicted molar refractivity (Wildman–Crippen MR) is 67.5 cm³/mol. The fraction of sp³-hybridized carbons (Fsp3) is 0.417. The molecule has 0 bridgehead atoms. The molecule has 0 saturated carbocycles. The third kappa shape index (κ3) is 2.11. The van der Waals surface area contributed by atoms with Crippen LogP contribution in [0.25, 0.3) is 10.6 Å². The molecule has 0 atom stereocenters. The summed E-state index contributed by atoms with van der Waals surface area (Å²) in [6, 6.07) is 4.16. The summed E-state index contributed by atoms with van der Waals surface area (Å²) in [6.45, 7) is 6.41. The quantitative estimate of drug-likeness (QED) is 0.887. The maximum atomic E-state index is 5.81. The average molecular weight is 236 g/mol. The van der Waals surface area contributed by atoms with E-state index in [1.165, 1.54) is 4.88 Å². The van der Waals surface area contributed by atoms with Gasteiger partial charge >= 0.3 is 0 Å². The van der Waals surface area contributed by atoms with Gasteiger partial charge in [-0.05, 0) is 31.4 Å². The standard InChI is InChI=1S/C12H16N2OS/c1-7(2)6-9-11(14-15-12(9)13)10-5-4-8(3)16-10/h4-5,7H,6,13H2,1-3H3. The molecule has 2 rings (SSSR count). The predicted octanol–water partition coefficient (Wildman–Crippen LogP) is 3.49. The van der Waals surface area contributed by atoms with E-state index in [4.69, 9.17) is 10.3 Å². The minimum absolute atomic E-state index is 0.453. The van der Waals surface area contributed by atoms with Crippen LogP contribution in [0.2, 0.25) is 0 Å². The summed E-state index contributed by atoms with van der Waals surface area (Å²) in [7, 11) is 0. The molecule has 0 saturated heterocycles. The fourth-order valence-corrected chi connectivity index (χ4v) is 2.56. The highest BCUT2D eigenvalue weighted by Gasteiger charge is 2.17. The second-order valence-electron chi connectivity index (χ2n) is 4.38. The van der Waals surface area contributed by atoms with Gasteiger partial charge in [0.15, 0.2) is 0 Å². The summed E-state index contributed by atoms with van der Waals surface area (Å²) in [5.41, 5.74) is 7.75. The van der Waals surface area contributed by atoms with Crippen LogP contribution < -0.4 is 5.73 Å². The van der Waals surface area contributed by atoms with Crippen LogP contribution in [0, 0.1) is 12.8 Å². The Morgan fingerprint density at radius 1 is 1.44 bits per heavy atom. The molecule has 0 aliphatic carbocycles. The van der Waals surface area contributed by atoms with Crippen molar-refractivity contribution in [1.82, 2.24) is 5.16 Å². The first-order chi connectivity index (χ1) is 7.58. The van der Waals surface area contributed by atoms with Crippen LogP contribution >= 0.6 is 11.3 Å². The molecule has 0 amide bonds. The van der Waals surface area contributed by atoms with E-state index < -0.39 is 0 Å². The first-order valence-corrected chi connectivity index (χ1v) is 6.20. The first-order valence-electron chi connectivity index (χ1n) is 5.38. The van der Waals surface area contributed by atoms with Crippen LogP contribution in [0.15, 0.2) is 16.7 Å². The van der Waals surface area contributed by atoms with E-state index in [9.17, 15) is 0 Å². The lowest BCUT2D eigenvalue weighted by molar-refractivity contribution is 0.438. The highest BCUT2D eigenvalue weighted by molar-refractivity contribution is 7.15. The van der Waals surface area contributed by atoms with Crippen LogP contribution in [0.4, 0.5) is 5.88 Å². The fourth-order valence-electron chi connectivity index (χ4n) is 1.68. The number of nitrogens with two attached hydrogens (primary N) is 1. The van der Waals surface area contributed by atoms with Crippen molar-refractivity contribution in [3.8, 4) is 10.6 Å². The Morgan fingerprint density at radius 3 is 2.75 bits per heavy atom. The second kappa shape index (κ2) is 4.29. The maximum Gasteiger partial charge on any atom is 0.225 e. The van der Waals surface area contributed by atoms with Crippen molar-refractivity contribution in [2.24, 2.45) is 5.92 Å². The van der Waals surface area contributed by atoms with Gasteiger partial charge in [0.1, 0.15) is 5.69 Å². The van der Waals surface area contributed by atoms with Gasteiger partial charge in [-0.3, -0.25) is 0 Å². The maximum absolute atomic E-state index is 5.81. The van der Waals surface area contributed by atoms with Crippen LogP contribution in [0.5, 0.6) is 0 Å². The van der Waals surface area contributed by atoms with Crippen molar-refractivity contribution >= 4 is 17.2 Å². The van der Waals surface area contributed by atoms with Crippen molar-refractivity contribution in [3.05, 3.63) is 22.6 Å². The van der Waals surface area contributed by atoms with Gasteiger partial charge in [-0.15, -0.1) is 11.3 Å². The molecule has 0 unspecified atom stereocenters. The number of rotatable bonds is 3. The summed E-state index contributed by atoms with van der Waals surface area (Å²) in [6.07, 6.45) is 0.904. The van der Waals surface area contributed by atoms with Crippen LogP contribution in [0.1, 0.15) is 24.3 Å². The Bertz CT molecular complexity index is 485. The Kier molecular flexibility index (Phi) is 3.01. The van der Waals surface area contributed by atoms with Gasteiger partial charge in [0.25, 0.3) is 0 Å². The number of hydrogen-bond acceptors (Lipinski definition) is 4. The zero-order valence-corrected chi connectivity index (χ0v) is 10.6. The molecule has 2 aromatic rings. The monoisotopic (exact) mass is 236 g/mol. The molecule has 86 valence electrons. The SMILES string of the molecule is Cc1ccc(-c2noc(N)c2CC(C)C)s1. The lowest BCUT2D eigenvalue weighted by Gasteiger charge is -2.03. The van der Waals surface area contributed by atoms with Gasteiger partial charge in [0.2, 0.25) is 5.88 Å². The lowest BCUT2D eigenvalue weighted by Crippen LogP contribution is -1.98. The summed E-state index contributed by atoms with van der Waals surface area (Å²) in [5, 5.41) is 4.06. The molecule has 0 fully saturated rings. The van der Waals surface area contributed by atoms with Gasteiger partial charge in [0.05, 0.1) is 4.88 Å². The Morgan fingerprint density at radius 2 is 2.19 bits per heavy atom. The minimum Gasteiger partial charge on any atom is -0.367 e. The number of aromatic nitrogens is 1. The van der Waals surface area contributed by atoms with Crippen molar-refractivity contribution < 1.29 is 4.52 Å². The van der Waals surface area contributed by atoms with E-state index in [2.05, 4.69) is 38.1 Å².